The fraction of sp³-hybridized carbons (Fsp3) is 0.300. The predicted octanol–water partition coefficient (Wildman–Crippen LogP) is 2.19. The molecular weight excluding hydrogens is 250 g/mol. The minimum absolute atomic E-state index is 0.0777. The normalized spacial score (nSPS) is 9.76. The van der Waals surface area contributed by atoms with Gasteiger partial charge in [-0.15, -0.1) is 0 Å². The summed E-state index contributed by atoms with van der Waals surface area (Å²) in [6.07, 6.45) is 0. The van der Waals surface area contributed by atoms with Crippen molar-refractivity contribution >= 4 is 23.3 Å². The Labute approximate surface area is 102 Å². The predicted molar refractivity (Wildman–Crippen MR) is 60.2 cm³/mol. The Morgan fingerprint density at radius 3 is 2.82 bits per heavy atom. The van der Waals surface area contributed by atoms with Crippen molar-refractivity contribution < 1.29 is 19.2 Å². The Kier molecular flexibility index (Phi) is 4.71. The molecule has 0 atom stereocenters. The number of carbonyl (C=O) groups excluding carboxylic acids is 1. The lowest BCUT2D eigenvalue weighted by atomic mass is 10.3. The number of benzene rings is 1. The average molecular weight is 260 g/mol. The highest BCUT2D eigenvalue weighted by Gasteiger charge is 2.12. The van der Waals surface area contributed by atoms with Gasteiger partial charge in [-0.2, -0.15) is 0 Å². The first-order valence-corrected chi connectivity index (χ1v) is 5.14. The molecule has 0 unspecified atom stereocenters. The molecule has 6 nitrogen and oxygen atoms in total. The quantitative estimate of drug-likeness (QED) is 0.460. The van der Waals surface area contributed by atoms with Crippen LogP contribution in [0.4, 0.5) is 5.69 Å². The first kappa shape index (κ1) is 13.2. The molecule has 0 aliphatic rings. The number of non-ortho nitro benzene ring substituents is 1. The van der Waals surface area contributed by atoms with E-state index in [9.17, 15) is 14.9 Å². The molecule has 7 heteroatoms. The molecule has 0 bridgehead atoms. The van der Waals surface area contributed by atoms with Crippen LogP contribution in [0, 0.1) is 10.1 Å². The SMILES string of the molecule is CCOC(=O)COc1cc([N+](=O)[O-])ccc1Cl. The summed E-state index contributed by atoms with van der Waals surface area (Å²) in [6.45, 7) is 1.57. The third kappa shape index (κ3) is 3.92. The van der Waals surface area contributed by atoms with Crippen LogP contribution in [0.25, 0.3) is 0 Å². The Balaban J connectivity index is 2.73. The maximum Gasteiger partial charge on any atom is 0.344 e. The summed E-state index contributed by atoms with van der Waals surface area (Å²) in [5, 5.41) is 10.7. The summed E-state index contributed by atoms with van der Waals surface area (Å²) in [5.41, 5.74) is -0.159. The highest BCUT2D eigenvalue weighted by Crippen LogP contribution is 2.28. The van der Waals surface area contributed by atoms with Crippen LogP contribution in [0.15, 0.2) is 18.2 Å². The van der Waals surface area contributed by atoms with Crippen LogP contribution in [0.2, 0.25) is 5.02 Å². The van der Waals surface area contributed by atoms with Gasteiger partial charge >= 0.3 is 5.97 Å². The largest absolute Gasteiger partial charge is 0.480 e. The van der Waals surface area contributed by atoms with Crippen molar-refractivity contribution in [3.63, 3.8) is 0 Å². The van der Waals surface area contributed by atoms with Gasteiger partial charge in [0.05, 0.1) is 22.6 Å². The summed E-state index contributed by atoms with van der Waals surface area (Å²) >= 11 is 5.76. The van der Waals surface area contributed by atoms with E-state index in [4.69, 9.17) is 16.3 Å². The van der Waals surface area contributed by atoms with E-state index < -0.39 is 10.9 Å². The number of esters is 1. The van der Waals surface area contributed by atoms with E-state index in [-0.39, 0.29) is 29.7 Å². The molecular formula is C10H10ClNO5. The minimum Gasteiger partial charge on any atom is -0.480 e. The van der Waals surface area contributed by atoms with Gasteiger partial charge in [0.15, 0.2) is 6.61 Å². The third-order valence-corrected chi connectivity index (χ3v) is 2.09. The second-order valence-corrected chi connectivity index (χ2v) is 3.37. The third-order valence-electron chi connectivity index (χ3n) is 1.78. The van der Waals surface area contributed by atoms with E-state index in [0.29, 0.717) is 0 Å². The lowest BCUT2D eigenvalue weighted by Gasteiger charge is -2.06. The number of nitro benzene ring substituents is 1. The second kappa shape index (κ2) is 6.05. The summed E-state index contributed by atoms with van der Waals surface area (Å²) in [6, 6.07) is 3.74. The molecule has 0 amide bonds. The zero-order valence-corrected chi connectivity index (χ0v) is 9.77. The van der Waals surface area contributed by atoms with E-state index in [1.54, 1.807) is 6.92 Å². The van der Waals surface area contributed by atoms with Crippen molar-refractivity contribution in [1.82, 2.24) is 0 Å². The fourth-order valence-electron chi connectivity index (χ4n) is 1.06. The first-order valence-electron chi connectivity index (χ1n) is 4.77. The standard InChI is InChI=1S/C10H10ClNO5/c1-2-16-10(13)6-17-9-5-7(12(14)15)3-4-8(9)11/h3-5H,2,6H2,1H3. The number of ether oxygens (including phenoxy) is 2. The van der Waals surface area contributed by atoms with E-state index >= 15 is 0 Å². The van der Waals surface area contributed by atoms with Crippen molar-refractivity contribution in [2.24, 2.45) is 0 Å². The van der Waals surface area contributed by atoms with Crippen molar-refractivity contribution in [3.05, 3.63) is 33.3 Å². The van der Waals surface area contributed by atoms with Crippen molar-refractivity contribution in [2.45, 2.75) is 6.92 Å². The monoisotopic (exact) mass is 259 g/mol. The molecule has 1 aromatic carbocycles. The van der Waals surface area contributed by atoms with Gasteiger partial charge in [0.25, 0.3) is 5.69 Å². The van der Waals surface area contributed by atoms with Crippen molar-refractivity contribution in [3.8, 4) is 5.75 Å². The smallest absolute Gasteiger partial charge is 0.344 e. The summed E-state index contributed by atoms with van der Waals surface area (Å²) < 4.78 is 9.67. The lowest BCUT2D eigenvalue weighted by molar-refractivity contribution is -0.384. The highest BCUT2D eigenvalue weighted by molar-refractivity contribution is 6.32. The van der Waals surface area contributed by atoms with Crippen LogP contribution in [-0.4, -0.2) is 24.1 Å². The second-order valence-electron chi connectivity index (χ2n) is 2.97. The Morgan fingerprint density at radius 1 is 1.53 bits per heavy atom. The van der Waals surface area contributed by atoms with Gasteiger partial charge in [0.1, 0.15) is 5.75 Å². The summed E-state index contributed by atoms with van der Waals surface area (Å²) in [5.74, 6) is -0.482. The molecule has 1 rings (SSSR count). The van der Waals surface area contributed by atoms with Gasteiger partial charge in [-0.3, -0.25) is 10.1 Å². The van der Waals surface area contributed by atoms with Crippen LogP contribution in [0.1, 0.15) is 6.92 Å². The Morgan fingerprint density at radius 2 is 2.24 bits per heavy atom. The number of hydrogen-bond donors (Lipinski definition) is 0. The van der Waals surface area contributed by atoms with Gasteiger partial charge in [-0.1, -0.05) is 11.6 Å². The topological polar surface area (TPSA) is 78.7 Å². The highest BCUT2D eigenvalue weighted by atomic mass is 35.5. The van der Waals surface area contributed by atoms with Crippen molar-refractivity contribution in [1.29, 1.82) is 0 Å². The molecule has 0 aromatic heterocycles. The molecule has 0 aliphatic carbocycles. The Bertz CT molecular complexity index is 435. The van der Waals surface area contributed by atoms with Crippen molar-refractivity contribution in [2.75, 3.05) is 13.2 Å². The van der Waals surface area contributed by atoms with E-state index in [2.05, 4.69) is 4.74 Å². The van der Waals surface area contributed by atoms with Gasteiger partial charge < -0.3 is 9.47 Å². The molecule has 0 aliphatic heterocycles. The zero-order chi connectivity index (χ0) is 12.8. The van der Waals surface area contributed by atoms with Gasteiger partial charge in [-0.25, -0.2) is 4.79 Å². The molecule has 17 heavy (non-hydrogen) atoms. The minimum atomic E-state index is -0.576. The lowest BCUT2D eigenvalue weighted by Crippen LogP contribution is -2.14. The van der Waals surface area contributed by atoms with Crippen LogP contribution < -0.4 is 4.74 Å². The number of nitro groups is 1. The van der Waals surface area contributed by atoms with Crippen LogP contribution >= 0.6 is 11.6 Å². The number of rotatable bonds is 5. The molecule has 0 saturated carbocycles. The van der Waals surface area contributed by atoms with E-state index in [0.717, 1.165) is 6.07 Å². The summed E-state index contributed by atoms with van der Waals surface area (Å²) in [7, 11) is 0. The van der Waals surface area contributed by atoms with Gasteiger partial charge in [-0.05, 0) is 13.0 Å². The maximum absolute atomic E-state index is 11.0. The molecule has 0 N–H and O–H groups in total. The molecule has 0 spiro atoms. The molecule has 0 fully saturated rings. The van der Waals surface area contributed by atoms with Gasteiger partial charge in [0, 0.05) is 6.07 Å². The van der Waals surface area contributed by atoms with Crippen LogP contribution in [0.5, 0.6) is 5.75 Å². The van der Waals surface area contributed by atoms with Crippen LogP contribution in [-0.2, 0) is 9.53 Å². The van der Waals surface area contributed by atoms with E-state index in [1.165, 1.54) is 12.1 Å². The number of halogens is 1. The maximum atomic E-state index is 11.0. The zero-order valence-electron chi connectivity index (χ0n) is 9.01. The molecule has 92 valence electrons. The van der Waals surface area contributed by atoms with Gasteiger partial charge in [0.2, 0.25) is 0 Å². The number of carbonyl (C=O) groups is 1. The number of nitrogens with zero attached hydrogens (tertiary/aromatic N) is 1. The number of hydrogen-bond acceptors (Lipinski definition) is 5. The summed E-state index contributed by atoms with van der Waals surface area (Å²) in [4.78, 5) is 21.0. The molecule has 0 saturated heterocycles. The molecule has 1 aromatic rings. The van der Waals surface area contributed by atoms with Crippen LogP contribution in [0.3, 0.4) is 0 Å². The first-order chi connectivity index (χ1) is 8.04. The fourth-order valence-corrected chi connectivity index (χ4v) is 1.23. The molecule has 0 heterocycles. The Hall–Kier alpha value is -1.82. The average Bonchev–Trinajstić information content (AvgIpc) is 2.28. The van der Waals surface area contributed by atoms with E-state index in [1.807, 2.05) is 0 Å². The molecule has 0 radical (unpaired) electrons.